The third kappa shape index (κ3) is 4.78. The average molecular weight is 510 g/mol. The monoisotopic (exact) mass is 509 g/mol. The van der Waals surface area contributed by atoms with Crippen molar-refractivity contribution < 1.29 is 21.6 Å². The van der Waals surface area contributed by atoms with Crippen LogP contribution >= 0.6 is 11.6 Å². The number of sulfone groups is 1. The topological polar surface area (TPSA) is 53.5 Å². The van der Waals surface area contributed by atoms with E-state index in [1.807, 2.05) is 41.4 Å². The zero-order valence-electron chi connectivity index (χ0n) is 18.6. The first-order valence-electron chi connectivity index (χ1n) is 10.5. The zero-order chi connectivity index (χ0) is 24.7. The molecule has 1 aromatic heterocycles. The highest BCUT2D eigenvalue weighted by Gasteiger charge is 2.47. The van der Waals surface area contributed by atoms with Crippen molar-refractivity contribution >= 4 is 27.1 Å². The lowest BCUT2D eigenvalue weighted by molar-refractivity contribution is -0.0436. The lowest BCUT2D eigenvalue weighted by Gasteiger charge is -2.30. The second kappa shape index (κ2) is 8.87. The molecule has 180 valence electrons. The first-order chi connectivity index (χ1) is 15.9. The van der Waals surface area contributed by atoms with Gasteiger partial charge in [0.15, 0.2) is 0 Å². The number of alkyl halides is 3. The van der Waals surface area contributed by atoms with Crippen molar-refractivity contribution in [2.24, 2.45) is 0 Å². The Morgan fingerprint density at radius 2 is 1.79 bits per heavy atom. The fourth-order valence-corrected chi connectivity index (χ4v) is 5.06. The molecule has 1 aliphatic rings. The number of pyridine rings is 1. The number of halogens is 4. The number of anilines is 1. The molecule has 2 heterocycles. The number of nitrogens with zero attached hydrogens (tertiary/aromatic N) is 3. The van der Waals surface area contributed by atoms with Gasteiger partial charge in [-0.05, 0) is 67.4 Å². The first-order valence-corrected chi connectivity index (χ1v) is 12.3. The van der Waals surface area contributed by atoms with E-state index in [0.29, 0.717) is 30.5 Å². The van der Waals surface area contributed by atoms with Crippen LogP contribution in [0.1, 0.15) is 19.4 Å². The molecule has 0 saturated carbocycles. The molecule has 0 atom stereocenters. The van der Waals surface area contributed by atoms with Crippen molar-refractivity contribution in [1.29, 1.82) is 0 Å². The van der Waals surface area contributed by atoms with Gasteiger partial charge in [0.05, 0.1) is 11.6 Å². The summed E-state index contributed by atoms with van der Waals surface area (Å²) in [5, 5.41) is 0.635. The minimum absolute atomic E-state index is 0.244. The third-order valence-corrected chi connectivity index (χ3v) is 7.74. The maximum Gasteiger partial charge on any atom is 0.501 e. The van der Waals surface area contributed by atoms with Crippen LogP contribution in [0.5, 0.6) is 0 Å². The van der Waals surface area contributed by atoms with Crippen LogP contribution in [0.15, 0.2) is 71.9 Å². The fourth-order valence-electron chi connectivity index (χ4n) is 4.10. The molecule has 0 spiro atoms. The molecule has 0 radical (unpaired) electrons. The highest BCUT2D eigenvalue weighted by molar-refractivity contribution is 7.92. The van der Waals surface area contributed by atoms with Gasteiger partial charge in [0.25, 0.3) is 9.84 Å². The Morgan fingerprint density at radius 3 is 2.44 bits per heavy atom. The van der Waals surface area contributed by atoms with Gasteiger partial charge in [0.1, 0.15) is 0 Å². The minimum atomic E-state index is -5.37. The van der Waals surface area contributed by atoms with E-state index in [9.17, 15) is 21.6 Å². The second-order valence-electron chi connectivity index (χ2n) is 8.84. The van der Waals surface area contributed by atoms with Crippen LogP contribution < -0.4 is 4.90 Å². The molecule has 34 heavy (non-hydrogen) atoms. The summed E-state index contributed by atoms with van der Waals surface area (Å²) in [6, 6.07) is 14.4. The number of hydrogen-bond acceptors (Lipinski definition) is 5. The summed E-state index contributed by atoms with van der Waals surface area (Å²) in [6.45, 7) is 5.95. The van der Waals surface area contributed by atoms with Crippen molar-refractivity contribution in [2.75, 3.05) is 18.1 Å². The lowest BCUT2D eigenvalue weighted by Crippen LogP contribution is -2.39. The van der Waals surface area contributed by atoms with E-state index >= 15 is 0 Å². The highest BCUT2D eigenvalue weighted by Crippen LogP contribution is 2.35. The summed E-state index contributed by atoms with van der Waals surface area (Å²) in [6.07, 6.45) is 3.55. The van der Waals surface area contributed by atoms with Crippen molar-refractivity contribution in [3.8, 4) is 11.1 Å². The summed E-state index contributed by atoms with van der Waals surface area (Å²) in [7, 11) is -5.37. The van der Waals surface area contributed by atoms with Gasteiger partial charge < -0.3 is 4.90 Å². The Labute approximate surface area is 201 Å². The van der Waals surface area contributed by atoms with Crippen molar-refractivity contribution in [3.05, 3.63) is 77.6 Å². The summed E-state index contributed by atoms with van der Waals surface area (Å²) in [5.74, 6) is 0. The molecule has 0 bridgehead atoms. The molecule has 1 aliphatic heterocycles. The van der Waals surface area contributed by atoms with E-state index in [2.05, 4.69) is 23.7 Å². The van der Waals surface area contributed by atoms with Crippen LogP contribution in [0.2, 0.25) is 5.02 Å². The quantitative estimate of drug-likeness (QED) is 0.438. The molecule has 0 N–H and O–H groups in total. The van der Waals surface area contributed by atoms with Crippen LogP contribution in [-0.2, 0) is 16.4 Å². The van der Waals surface area contributed by atoms with Gasteiger partial charge in [-0.15, -0.1) is 0 Å². The molecule has 0 amide bonds. The molecule has 10 heteroatoms. The van der Waals surface area contributed by atoms with E-state index in [4.69, 9.17) is 11.6 Å². The van der Waals surface area contributed by atoms with E-state index in [1.165, 1.54) is 12.1 Å². The summed E-state index contributed by atoms with van der Waals surface area (Å²) in [5.41, 5.74) is -1.91. The van der Waals surface area contributed by atoms with Gasteiger partial charge in [-0.2, -0.15) is 13.2 Å². The summed E-state index contributed by atoms with van der Waals surface area (Å²) in [4.78, 5) is 7.79. The van der Waals surface area contributed by atoms with E-state index < -0.39 is 20.2 Å². The molecule has 2 aromatic carbocycles. The Kier molecular flexibility index (Phi) is 6.39. The molecule has 0 aliphatic carbocycles. The summed E-state index contributed by atoms with van der Waals surface area (Å²) < 4.78 is 61.8. The average Bonchev–Trinajstić information content (AvgIpc) is 3.07. The van der Waals surface area contributed by atoms with Crippen molar-refractivity contribution in [3.63, 3.8) is 0 Å². The lowest BCUT2D eigenvalue weighted by atomic mass is 9.99. The molecular formula is C24H23ClF3N3O2S. The van der Waals surface area contributed by atoms with Gasteiger partial charge >= 0.3 is 5.51 Å². The Bertz CT molecular complexity index is 1300. The predicted octanol–water partition coefficient (Wildman–Crippen LogP) is 5.75. The van der Waals surface area contributed by atoms with Gasteiger partial charge in [-0.25, -0.2) is 8.42 Å². The second-order valence-corrected chi connectivity index (χ2v) is 11.2. The highest BCUT2D eigenvalue weighted by atomic mass is 35.5. The van der Waals surface area contributed by atoms with Gasteiger partial charge in [0, 0.05) is 47.3 Å². The maximum absolute atomic E-state index is 12.8. The maximum atomic E-state index is 12.8. The molecular weight excluding hydrogens is 487 g/mol. The van der Waals surface area contributed by atoms with Crippen molar-refractivity contribution in [1.82, 2.24) is 9.88 Å². The third-order valence-electron chi connectivity index (χ3n) is 6.00. The Morgan fingerprint density at radius 1 is 1.09 bits per heavy atom. The fraction of sp³-hybridized carbons (Fsp3) is 0.292. The SMILES string of the molecule is CC1(C)CN(c2ccc(S(=O)(=O)C(F)(F)F)cc2)CN1Cc1ccncc1-c1cccc(Cl)c1. The van der Waals surface area contributed by atoms with E-state index in [-0.39, 0.29) is 5.54 Å². The van der Waals surface area contributed by atoms with E-state index in [1.54, 1.807) is 6.20 Å². The molecule has 0 unspecified atom stereocenters. The largest absolute Gasteiger partial charge is 0.501 e. The van der Waals surface area contributed by atoms with Gasteiger partial charge in [-0.1, -0.05) is 23.7 Å². The molecule has 1 saturated heterocycles. The van der Waals surface area contributed by atoms with Crippen LogP contribution in [0.25, 0.3) is 11.1 Å². The first kappa shape index (κ1) is 24.5. The van der Waals surface area contributed by atoms with Crippen LogP contribution in [0.4, 0.5) is 18.9 Å². The van der Waals surface area contributed by atoms with Gasteiger partial charge in [-0.3, -0.25) is 9.88 Å². The Balaban J connectivity index is 1.56. The van der Waals surface area contributed by atoms with Gasteiger partial charge in [0.2, 0.25) is 0 Å². The van der Waals surface area contributed by atoms with Crippen LogP contribution in [-0.4, -0.2) is 42.6 Å². The number of rotatable bonds is 5. The molecule has 5 nitrogen and oxygen atoms in total. The van der Waals surface area contributed by atoms with Crippen LogP contribution in [0.3, 0.4) is 0 Å². The molecule has 1 fully saturated rings. The van der Waals surface area contributed by atoms with Crippen LogP contribution in [0, 0.1) is 0 Å². The zero-order valence-corrected chi connectivity index (χ0v) is 20.1. The Hall–Kier alpha value is -2.62. The van der Waals surface area contributed by atoms with Crippen molar-refractivity contribution in [2.45, 2.75) is 36.3 Å². The number of benzene rings is 2. The summed E-state index contributed by atoms with van der Waals surface area (Å²) >= 11 is 6.18. The smallest absolute Gasteiger partial charge is 0.357 e. The van der Waals surface area contributed by atoms with E-state index in [0.717, 1.165) is 28.8 Å². The number of aromatic nitrogens is 1. The number of hydrogen-bond donors (Lipinski definition) is 0. The standard InChI is InChI=1S/C24H23ClF3N3O2S/c1-23(2)15-30(20-6-8-21(9-7-20)34(32,33)24(26,27)28)16-31(23)14-18-10-11-29-13-22(18)17-4-3-5-19(25)12-17/h3-13H,14-16H2,1-2H3. The molecule has 4 rings (SSSR count). The normalized spacial score (nSPS) is 16.7. The predicted molar refractivity (Wildman–Crippen MR) is 126 cm³/mol. The minimum Gasteiger partial charge on any atom is -0.357 e. The molecule has 3 aromatic rings.